The van der Waals surface area contributed by atoms with Crippen molar-refractivity contribution in [2.24, 2.45) is 0 Å². The van der Waals surface area contributed by atoms with E-state index in [9.17, 15) is 9.59 Å². The van der Waals surface area contributed by atoms with Gasteiger partial charge in [-0.2, -0.15) is 4.98 Å². The lowest BCUT2D eigenvalue weighted by Gasteiger charge is -2.19. The van der Waals surface area contributed by atoms with Crippen molar-refractivity contribution in [3.63, 3.8) is 0 Å². The van der Waals surface area contributed by atoms with Gasteiger partial charge in [-0.25, -0.2) is 0 Å². The Morgan fingerprint density at radius 3 is 2.33 bits per heavy atom. The Hall–Kier alpha value is -3.52. The van der Waals surface area contributed by atoms with E-state index < -0.39 is 0 Å². The Morgan fingerprint density at radius 2 is 1.64 bits per heavy atom. The number of aryl methyl sites for hydroxylation is 1. The number of carbonyl (C=O) groups is 2. The third-order valence-electron chi connectivity index (χ3n) is 6.59. The highest BCUT2D eigenvalue weighted by Gasteiger charge is 2.15. The fourth-order valence-corrected chi connectivity index (χ4v) is 4.31. The first-order chi connectivity index (χ1) is 17.5. The van der Waals surface area contributed by atoms with Crippen LogP contribution in [0.5, 0.6) is 0 Å². The number of hydrogen-bond acceptors (Lipinski definition) is 6. The molecule has 2 amide bonds. The van der Waals surface area contributed by atoms with Gasteiger partial charge in [-0.3, -0.25) is 9.59 Å². The molecule has 0 bridgehead atoms. The molecule has 36 heavy (non-hydrogen) atoms. The van der Waals surface area contributed by atoms with Gasteiger partial charge in [-0.05, 0) is 69.3 Å². The highest BCUT2D eigenvalue weighted by atomic mass is 16.5. The van der Waals surface area contributed by atoms with E-state index in [1.807, 2.05) is 43.3 Å². The zero-order chi connectivity index (χ0) is 25.3. The van der Waals surface area contributed by atoms with Crippen molar-refractivity contribution in [2.45, 2.75) is 39.0 Å². The van der Waals surface area contributed by atoms with E-state index in [2.05, 4.69) is 20.4 Å². The number of carbonyl (C=O) groups excluding carboxylic acids is 2. The maximum Gasteiger partial charge on any atom is 0.257 e. The first-order valence-electron chi connectivity index (χ1n) is 12.8. The van der Waals surface area contributed by atoms with Crippen molar-refractivity contribution < 1.29 is 14.1 Å². The summed E-state index contributed by atoms with van der Waals surface area (Å²) >= 11 is 0. The van der Waals surface area contributed by atoms with Gasteiger partial charge in [-0.15, -0.1) is 0 Å². The fraction of sp³-hybridized carbons (Fsp3) is 0.429. The molecule has 0 spiro atoms. The minimum Gasteiger partial charge on any atom is -0.351 e. The lowest BCUT2D eigenvalue weighted by molar-refractivity contribution is 0.0795. The summed E-state index contributed by atoms with van der Waals surface area (Å²) in [5.41, 5.74) is 3.12. The second-order valence-corrected chi connectivity index (χ2v) is 9.45. The monoisotopic (exact) mass is 489 g/mol. The smallest absolute Gasteiger partial charge is 0.257 e. The molecule has 1 saturated heterocycles. The molecule has 0 atom stereocenters. The molecule has 8 nitrogen and oxygen atoms in total. The molecule has 4 rings (SSSR count). The normalized spacial score (nSPS) is 14.3. The third-order valence-corrected chi connectivity index (χ3v) is 6.59. The predicted octanol–water partition coefficient (Wildman–Crippen LogP) is 3.97. The quantitative estimate of drug-likeness (QED) is 0.489. The summed E-state index contributed by atoms with van der Waals surface area (Å²) in [6.07, 6.45) is 5.59. The molecule has 2 aromatic carbocycles. The summed E-state index contributed by atoms with van der Waals surface area (Å²) in [5, 5.41) is 7.07. The van der Waals surface area contributed by atoms with Crippen molar-refractivity contribution in [3.8, 4) is 11.5 Å². The lowest BCUT2D eigenvalue weighted by atomic mass is 10.1. The van der Waals surface area contributed by atoms with Crippen LogP contribution in [0.2, 0.25) is 0 Å². The summed E-state index contributed by atoms with van der Waals surface area (Å²) < 4.78 is 5.41. The Bertz CT molecular complexity index is 1130. The van der Waals surface area contributed by atoms with Crippen LogP contribution in [-0.4, -0.2) is 71.5 Å². The van der Waals surface area contributed by atoms with Gasteiger partial charge in [0.25, 0.3) is 17.7 Å². The fourth-order valence-electron chi connectivity index (χ4n) is 4.31. The Morgan fingerprint density at radius 1 is 0.972 bits per heavy atom. The van der Waals surface area contributed by atoms with Crippen LogP contribution in [0.15, 0.2) is 53.1 Å². The molecule has 1 aromatic heterocycles. The molecule has 2 heterocycles. The molecule has 0 aliphatic carbocycles. The summed E-state index contributed by atoms with van der Waals surface area (Å²) in [4.78, 5) is 33.6. The van der Waals surface area contributed by atoms with E-state index in [4.69, 9.17) is 4.52 Å². The van der Waals surface area contributed by atoms with E-state index in [-0.39, 0.29) is 11.8 Å². The summed E-state index contributed by atoms with van der Waals surface area (Å²) in [6.45, 7) is 6.25. The lowest BCUT2D eigenvalue weighted by Crippen LogP contribution is -2.35. The summed E-state index contributed by atoms with van der Waals surface area (Å²) in [5.74, 6) is 0.803. The van der Waals surface area contributed by atoms with Gasteiger partial charge in [0, 0.05) is 49.8 Å². The van der Waals surface area contributed by atoms with Crippen LogP contribution in [0.25, 0.3) is 11.5 Å². The largest absolute Gasteiger partial charge is 0.351 e. The summed E-state index contributed by atoms with van der Waals surface area (Å²) in [7, 11) is 1.76. The molecule has 0 unspecified atom stereocenters. The van der Waals surface area contributed by atoms with Crippen molar-refractivity contribution in [3.05, 3.63) is 71.0 Å². The molecule has 0 radical (unpaired) electrons. The van der Waals surface area contributed by atoms with Crippen LogP contribution < -0.4 is 5.32 Å². The maximum atomic E-state index is 12.6. The van der Waals surface area contributed by atoms with Crippen LogP contribution >= 0.6 is 0 Å². The highest BCUT2D eigenvalue weighted by Crippen LogP contribution is 2.18. The molecular formula is C28H35N5O3. The SMILES string of the molecule is Cc1ccc(C(=O)N(C)CCc2noc(-c3ccc(C(=O)NCCN4CCCCCC4)cc3)n2)cc1. The minimum atomic E-state index is -0.0797. The Kier molecular flexibility index (Phi) is 8.84. The number of likely N-dealkylation sites (tertiary alicyclic amines) is 1. The zero-order valence-electron chi connectivity index (χ0n) is 21.2. The van der Waals surface area contributed by atoms with Gasteiger partial charge >= 0.3 is 0 Å². The average molecular weight is 490 g/mol. The van der Waals surface area contributed by atoms with Gasteiger partial charge in [0.05, 0.1) is 0 Å². The number of amides is 2. The van der Waals surface area contributed by atoms with Gasteiger partial charge < -0.3 is 19.6 Å². The topological polar surface area (TPSA) is 91.6 Å². The van der Waals surface area contributed by atoms with E-state index in [1.54, 1.807) is 24.1 Å². The van der Waals surface area contributed by atoms with E-state index in [0.717, 1.165) is 30.8 Å². The van der Waals surface area contributed by atoms with Gasteiger partial charge in [0.2, 0.25) is 0 Å². The molecular weight excluding hydrogens is 454 g/mol. The molecule has 190 valence electrons. The standard InChI is InChI=1S/C28H35N5O3/c1-21-7-9-24(10-8-21)28(35)32(2)19-15-25-30-27(36-31-25)23-13-11-22(12-14-23)26(34)29-16-20-33-17-5-3-4-6-18-33/h7-14H,3-6,15-20H2,1-2H3,(H,29,34). The summed E-state index contributed by atoms with van der Waals surface area (Å²) in [6, 6.07) is 14.7. The van der Waals surface area contributed by atoms with Crippen molar-refractivity contribution in [1.82, 2.24) is 25.3 Å². The van der Waals surface area contributed by atoms with Gasteiger partial charge in [0.15, 0.2) is 5.82 Å². The minimum absolute atomic E-state index is 0.0426. The second-order valence-electron chi connectivity index (χ2n) is 9.45. The van der Waals surface area contributed by atoms with Crippen LogP contribution in [0, 0.1) is 6.92 Å². The number of hydrogen-bond donors (Lipinski definition) is 1. The van der Waals surface area contributed by atoms with Gasteiger partial charge in [-0.1, -0.05) is 35.7 Å². The highest BCUT2D eigenvalue weighted by molar-refractivity contribution is 5.94. The molecule has 1 aliphatic heterocycles. The van der Waals surface area contributed by atoms with E-state index in [0.29, 0.717) is 42.4 Å². The Labute approximate surface area is 212 Å². The van der Waals surface area contributed by atoms with E-state index in [1.165, 1.54) is 25.7 Å². The second kappa shape index (κ2) is 12.4. The van der Waals surface area contributed by atoms with Crippen molar-refractivity contribution >= 4 is 11.8 Å². The number of nitrogens with one attached hydrogen (secondary N) is 1. The van der Waals surface area contributed by atoms with Crippen LogP contribution in [-0.2, 0) is 6.42 Å². The first kappa shape index (κ1) is 25.6. The predicted molar refractivity (Wildman–Crippen MR) is 139 cm³/mol. The van der Waals surface area contributed by atoms with Crippen LogP contribution in [0.3, 0.4) is 0 Å². The number of benzene rings is 2. The first-order valence-corrected chi connectivity index (χ1v) is 12.8. The van der Waals surface area contributed by atoms with Crippen molar-refractivity contribution in [2.75, 3.05) is 39.8 Å². The number of nitrogens with zero attached hydrogens (tertiary/aromatic N) is 4. The van der Waals surface area contributed by atoms with E-state index >= 15 is 0 Å². The number of aromatic nitrogens is 2. The molecule has 8 heteroatoms. The molecule has 1 N–H and O–H groups in total. The molecule has 3 aromatic rings. The molecule has 0 saturated carbocycles. The zero-order valence-corrected chi connectivity index (χ0v) is 21.2. The number of rotatable bonds is 9. The maximum absolute atomic E-state index is 12.6. The molecule has 1 fully saturated rings. The average Bonchev–Trinajstić information content (AvgIpc) is 3.23. The van der Waals surface area contributed by atoms with Crippen LogP contribution in [0.1, 0.15) is 57.8 Å². The third kappa shape index (κ3) is 7.01. The molecule has 1 aliphatic rings. The van der Waals surface area contributed by atoms with Gasteiger partial charge in [0.1, 0.15) is 0 Å². The van der Waals surface area contributed by atoms with Crippen LogP contribution in [0.4, 0.5) is 0 Å². The Balaban J connectivity index is 1.25. The van der Waals surface area contributed by atoms with Crippen molar-refractivity contribution in [1.29, 1.82) is 0 Å². The number of likely N-dealkylation sites (N-methyl/N-ethyl adjacent to an activating group) is 1.